The molecule has 0 aliphatic carbocycles. The van der Waals surface area contributed by atoms with E-state index in [4.69, 9.17) is 4.74 Å². The topological polar surface area (TPSA) is 29.5 Å². The van der Waals surface area contributed by atoms with Gasteiger partial charge < -0.3 is 9.64 Å². The lowest BCUT2D eigenvalue weighted by molar-refractivity contribution is -0.132. The van der Waals surface area contributed by atoms with Crippen molar-refractivity contribution in [3.63, 3.8) is 0 Å². The summed E-state index contributed by atoms with van der Waals surface area (Å²) in [4.78, 5) is 15.0. The lowest BCUT2D eigenvalue weighted by atomic mass is 9.87. The zero-order valence-electron chi connectivity index (χ0n) is 15.9. The van der Waals surface area contributed by atoms with Crippen LogP contribution in [0.3, 0.4) is 0 Å². The second kappa shape index (κ2) is 8.88. The van der Waals surface area contributed by atoms with Gasteiger partial charge in [0.1, 0.15) is 5.75 Å². The monoisotopic (exact) mass is 351 g/mol. The van der Waals surface area contributed by atoms with Crippen LogP contribution in [0.15, 0.2) is 54.6 Å². The average Bonchev–Trinajstić information content (AvgIpc) is 3.17. The first-order chi connectivity index (χ1) is 12.7. The lowest BCUT2D eigenvalue weighted by Crippen LogP contribution is -2.39. The molecule has 138 valence electrons. The van der Waals surface area contributed by atoms with E-state index < -0.39 is 0 Å². The van der Waals surface area contributed by atoms with Gasteiger partial charge in [-0.1, -0.05) is 49.4 Å². The van der Waals surface area contributed by atoms with Crippen molar-refractivity contribution in [2.75, 3.05) is 13.7 Å². The molecule has 3 nitrogen and oxygen atoms in total. The molecular weight excluding hydrogens is 322 g/mol. The third-order valence-corrected chi connectivity index (χ3v) is 5.54. The largest absolute Gasteiger partial charge is 0.497 e. The summed E-state index contributed by atoms with van der Waals surface area (Å²) >= 11 is 0. The molecule has 0 spiro atoms. The Balaban J connectivity index is 1.63. The first kappa shape index (κ1) is 18.5. The van der Waals surface area contributed by atoms with Gasteiger partial charge in [-0.15, -0.1) is 0 Å². The Bertz CT molecular complexity index is 696. The van der Waals surface area contributed by atoms with Crippen LogP contribution in [-0.2, 0) is 11.2 Å². The van der Waals surface area contributed by atoms with Crippen LogP contribution in [0.5, 0.6) is 5.75 Å². The maximum absolute atomic E-state index is 12.9. The highest BCUT2D eigenvalue weighted by Gasteiger charge is 2.34. The SMILES string of the molecule is CC[C@@H](c1ccccc1)[C@@H]1CCCN1C(=O)CCc1ccc(OC)cc1. The molecule has 1 heterocycles. The van der Waals surface area contributed by atoms with Crippen LogP contribution in [0, 0.1) is 0 Å². The van der Waals surface area contributed by atoms with Gasteiger partial charge in [-0.05, 0) is 48.9 Å². The Morgan fingerprint density at radius 1 is 1.15 bits per heavy atom. The van der Waals surface area contributed by atoms with Crippen molar-refractivity contribution in [1.82, 2.24) is 4.90 Å². The predicted molar refractivity (Wildman–Crippen MR) is 106 cm³/mol. The summed E-state index contributed by atoms with van der Waals surface area (Å²) < 4.78 is 5.20. The smallest absolute Gasteiger partial charge is 0.223 e. The van der Waals surface area contributed by atoms with E-state index in [0.717, 1.165) is 38.0 Å². The highest BCUT2D eigenvalue weighted by molar-refractivity contribution is 5.77. The van der Waals surface area contributed by atoms with E-state index in [1.165, 1.54) is 11.1 Å². The number of carbonyl (C=O) groups is 1. The second-order valence-electron chi connectivity index (χ2n) is 7.07. The molecule has 0 aromatic heterocycles. The first-order valence-corrected chi connectivity index (χ1v) is 9.70. The number of carbonyl (C=O) groups excluding carboxylic acids is 1. The maximum atomic E-state index is 12.9. The van der Waals surface area contributed by atoms with Crippen LogP contribution in [0.25, 0.3) is 0 Å². The highest BCUT2D eigenvalue weighted by atomic mass is 16.5. The number of hydrogen-bond acceptors (Lipinski definition) is 2. The van der Waals surface area contributed by atoms with E-state index in [2.05, 4.69) is 42.2 Å². The molecule has 3 rings (SSSR count). The minimum Gasteiger partial charge on any atom is -0.497 e. The van der Waals surface area contributed by atoms with Crippen molar-refractivity contribution in [1.29, 1.82) is 0 Å². The predicted octanol–water partition coefficient (Wildman–Crippen LogP) is 4.81. The average molecular weight is 351 g/mol. The van der Waals surface area contributed by atoms with Crippen molar-refractivity contribution in [3.05, 3.63) is 65.7 Å². The number of rotatable bonds is 7. The van der Waals surface area contributed by atoms with Gasteiger partial charge in [0.25, 0.3) is 0 Å². The standard InChI is InChI=1S/C23H29NO2/c1-3-21(19-8-5-4-6-9-19)22-10-7-17-24(22)23(25)16-13-18-11-14-20(26-2)15-12-18/h4-6,8-9,11-12,14-15,21-22H,3,7,10,13,16-17H2,1-2H3/t21-,22-/m0/s1. The van der Waals surface area contributed by atoms with Crippen LogP contribution in [0.2, 0.25) is 0 Å². The van der Waals surface area contributed by atoms with Gasteiger partial charge in [0.2, 0.25) is 5.91 Å². The van der Waals surface area contributed by atoms with Gasteiger partial charge in [0, 0.05) is 24.9 Å². The minimum absolute atomic E-state index is 0.290. The van der Waals surface area contributed by atoms with Gasteiger partial charge in [0.05, 0.1) is 7.11 Å². The van der Waals surface area contributed by atoms with E-state index in [1.54, 1.807) is 7.11 Å². The Labute approximate surface area is 157 Å². The summed E-state index contributed by atoms with van der Waals surface area (Å²) in [6, 6.07) is 19.0. The summed E-state index contributed by atoms with van der Waals surface area (Å²) in [6.07, 6.45) is 4.66. The lowest BCUT2D eigenvalue weighted by Gasteiger charge is -2.32. The fourth-order valence-electron chi connectivity index (χ4n) is 4.14. The maximum Gasteiger partial charge on any atom is 0.223 e. The number of likely N-dealkylation sites (tertiary alicyclic amines) is 1. The summed E-state index contributed by atoms with van der Waals surface area (Å²) in [7, 11) is 1.67. The van der Waals surface area contributed by atoms with Crippen molar-refractivity contribution in [3.8, 4) is 5.75 Å². The molecule has 2 aromatic rings. The molecule has 2 aromatic carbocycles. The van der Waals surface area contributed by atoms with Gasteiger partial charge in [0.15, 0.2) is 0 Å². The van der Waals surface area contributed by atoms with E-state index in [0.29, 0.717) is 18.4 Å². The molecule has 0 bridgehead atoms. The van der Waals surface area contributed by atoms with Crippen LogP contribution in [-0.4, -0.2) is 30.5 Å². The van der Waals surface area contributed by atoms with Crippen LogP contribution in [0.1, 0.15) is 49.7 Å². The Kier molecular flexibility index (Phi) is 6.32. The number of hydrogen-bond donors (Lipinski definition) is 0. The molecule has 0 saturated carbocycles. The van der Waals surface area contributed by atoms with Gasteiger partial charge in [-0.3, -0.25) is 4.79 Å². The van der Waals surface area contributed by atoms with Crippen molar-refractivity contribution in [2.45, 2.75) is 51.0 Å². The molecule has 0 unspecified atom stereocenters. The zero-order chi connectivity index (χ0) is 18.4. The number of ether oxygens (including phenoxy) is 1. The molecule has 1 amide bonds. The highest BCUT2D eigenvalue weighted by Crippen LogP contribution is 2.34. The summed E-state index contributed by atoms with van der Waals surface area (Å²) in [6.45, 7) is 3.13. The third-order valence-electron chi connectivity index (χ3n) is 5.54. The van der Waals surface area contributed by atoms with Crippen LogP contribution < -0.4 is 4.74 Å². The summed E-state index contributed by atoms with van der Waals surface area (Å²) in [5.41, 5.74) is 2.54. The van der Waals surface area contributed by atoms with Crippen LogP contribution >= 0.6 is 0 Å². The Hall–Kier alpha value is -2.29. The van der Waals surface area contributed by atoms with Gasteiger partial charge in [-0.2, -0.15) is 0 Å². The van der Waals surface area contributed by atoms with Gasteiger partial charge >= 0.3 is 0 Å². The van der Waals surface area contributed by atoms with E-state index in [1.807, 2.05) is 24.3 Å². The Morgan fingerprint density at radius 2 is 1.88 bits per heavy atom. The fraction of sp³-hybridized carbons (Fsp3) is 0.435. The summed E-state index contributed by atoms with van der Waals surface area (Å²) in [5.74, 6) is 1.58. The number of aryl methyl sites for hydroxylation is 1. The number of benzene rings is 2. The molecule has 2 atom stereocenters. The number of amides is 1. The van der Waals surface area contributed by atoms with E-state index in [9.17, 15) is 4.79 Å². The molecular formula is C23H29NO2. The zero-order valence-corrected chi connectivity index (χ0v) is 15.9. The van der Waals surface area contributed by atoms with Gasteiger partial charge in [-0.25, -0.2) is 0 Å². The normalized spacial score (nSPS) is 17.9. The number of methoxy groups -OCH3 is 1. The molecule has 1 fully saturated rings. The first-order valence-electron chi connectivity index (χ1n) is 9.70. The third kappa shape index (κ3) is 4.27. The summed E-state index contributed by atoms with van der Waals surface area (Å²) in [5, 5.41) is 0. The molecule has 1 aliphatic heterocycles. The molecule has 0 radical (unpaired) electrons. The van der Waals surface area contributed by atoms with Crippen molar-refractivity contribution >= 4 is 5.91 Å². The molecule has 0 N–H and O–H groups in total. The number of nitrogens with zero attached hydrogens (tertiary/aromatic N) is 1. The van der Waals surface area contributed by atoms with Crippen LogP contribution in [0.4, 0.5) is 0 Å². The molecule has 3 heteroatoms. The molecule has 1 saturated heterocycles. The second-order valence-corrected chi connectivity index (χ2v) is 7.07. The Morgan fingerprint density at radius 3 is 2.54 bits per heavy atom. The van der Waals surface area contributed by atoms with Crippen molar-refractivity contribution < 1.29 is 9.53 Å². The quantitative estimate of drug-likeness (QED) is 0.716. The minimum atomic E-state index is 0.290. The van der Waals surface area contributed by atoms with E-state index in [-0.39, 0.29) is 5.91 Å². The molecule has 1 aliphatic rings. The molecule has 26 heavy (non-hydrogen) atoms. The fourth-order valence-corrected chi connectivity index (χ4v) is 4.14. The van der Waals surface area contributed by atoms with Crippen molar-refractivity contribution in [2.24, 2.45) is 0 Å². The van der Waals surface area contributed by atoms with E-state index >= 15 is 0 Å².